The number of carboxylic acid groups (broad SMARTS) is 1. The monoisotopic (exact) mass is 466 g/mol. The molecule has 3 aromatic rings. The predicted molar refractivity (Wildman–Crippen MR) is 134 cm³/mol. The van der Waals surface area contributed by atoms with Crippen LogP contribution in [0.15, 0.2) is 42.6 Å². The zero-order valence-corrected chi connectivity index (χ0v) is 20.4. The Balaban J connectivity index is 1.29. The fourth-order valence-corrected chi connectivity index (χ4v) is 6.01. The van der Waals surface area contributed by atoms with E-state index in [1.165, 1.54) is 15.3 Å². The molecule has 33 heavy (non-hydrogen) atoms. The van der Waals surface area contributed by atoms with E-state index < -0.39 is 5.97 Å². The Bertz CT molecular complexity index is 1080. The highest BCUT2D eigenvalue weighted by atomic mass is 32.1. The number of carbonyl (C=O) groups is 1. The van der Waals surface area contributed by atoms with Gasteiger partial charge < -0.3 is 14.7 Å². The minimum Gasteiger partial charge on any atom is -0.497 e. The number of rotatable bonds is 10. The highest BCUT2D eigenvalue weighted by Crippen LogP contribution is 2.30. The molecular weight excluding hydrogens is 432 g/mol. The normalized spacial score (nSPS) is 19.1. The van der Waals surface area contributed by atoms with Crippen LogP contribution in [-0.4, -0.2) is 47.7 Å². The van der Waals surface area contributed by atoms with E-state index in [0.717, 1.165) is 68.3 Å². The molecule has 0 unspecified atom stereocenters. The minimum atomic E-state index is -0.641. The molecule has 176 valence electrons. The molecule has 5 nitrogen and oxygen atoms in total. The summed E-state index contributed by atoms with van der Waals surface area (Å²) in [5, 5.41) is 11.0. The highest BCUT2D eigenvalue weighted by molar-refractivity contribution is 7.11. The number of ether oxygens (including phenoxy) is 1. The van der Waals surface area contributed by atoms with Crippen molar-refractivity contribution in [2.75, 3.05) is 26.7 Å². The van der Waals surface area contributed by atoms with Gasteiger partial charge in [-0.1, -0.05) is 0 Å². The lowest BCUT2D eigenvalue weighted by molar-refractivity contribution is -0.146. The standard InChI is InChI=1S/C27H34N2O3S/c1-19-8-10-23(33-19)7-4-15-29-16-13-21(25(18-29)27(30)31)6-3-5-20-12-14-28-26-11-9-22(32-2)17-24(20)26/h8-12,14,17,21,25H,3-7,13,15-16,18H2,1-2H3,(H,30,31)/t21-,25+/m1/s1. The van der Waals surface area contributed by atoms with Crippen LogP contribution in [0.1, 0.15) is 41.0 Å². The zero-order chi connectivity index (χ0) is 23.2. The maximum Gasteiger partial charge on any atom is 0.308 e. The topological polar surface area (TPSA) is 62.7 Å². The lowest BCUT2D eigenvalue weighted by Crippen LogP contribution is -2.44. The van der Waals surface area contributed by atoms with Crippen LogP contribution in [0.3, 0.4) is 0 Å². The van der Waals surface area contributed by atoms with Gasteiger partial charge in [-0.15, -0.1) is 11.3 Å². The number of pyridine rings is 1. The third-order valence-electron chi connectivity index (χ3n) is 6.91. The molecule has 1 saturated heterocycles. The largest absolute Gasteiger partial charge is 0.497 e. The summed E-state index contributed by atoms with van der Waals surface area (Å²) < 4.78 is 5.38. The second kappa shape index (κ2) is 11.1. The Morgan fingerprint density at radius 3 is 2.85 bits per heavy atom. The predicted octanol–water partition coefficient (Wildman–Crippen LogP) is 5.59. The van der Waals surface area contributed by atoms with E-state index in [4.69, 9.17) is 4.74 Å². The van der Waals surface area contributed by atoms with Gasteiger partial charge in [0, 0.05) is 27.9 Å². The van der Waals surface area contributed by atoms with Gasteiger partial charge in [-0.3, -0.25) is 9.78 Å². The second-order valence-corrected chi connectivity index (χ2v) is 10.5. The van der Waals surface area contributed by atoms with Gasteiger partial charge >= 0.3 is 5.97 Å². The summed E-state index contributed by atoms with van der Waals surface area (Å²) in [5.74, 6) is 0.181. The van der Waals surface area contributed by atoms with E-state index in [1.54, 1.807) is 7.11 Å². The Hall–Kier alpha value is -2.44. The Morgan fingerprint density at radius 2 is 2.09 bits per heavy atom. The van der Waals surface area contributed by atoms with Crippen molar-refractivity contribution in [3.8, 4) is 5.75 Å². The van der Waals surface area contributed by atoms with Gasteiger partial charge in [-0.2, -0.15) is 0 Å². The summed E-state index contributed by atoms with van der Waals surface area (Å²) in [6.45, 7) is 4.81. The summed E-state index contributed by atoms with van der Waals surface area (Å²) in [6.07, 6.45) is 7.88. The SMILES string of the molecule is COc1ccc2nccc(CCC[C@@H]3CCN(CCCc4ccc(C)s4)C[C@@H]3C(=O)O)c2c1. The number of aliphatic carboxylic acids is 1. The van der Waals surface area contributed by atoms with E-state index in [-0.39, 0.29) is 11.8 Å². The van der Waals surface area contributed by atoms with Crippen molar-refractivity contribution in [1.29, 1.82) is 0 Å². The molecule has 0 bridgehead atoms. The second-order valence-electron chi connectivity index (χ2n) is 9.16. The molecule has 0 radical (unpaired) electrons. The molecule has 3 heterocycles. The van der Waals surface area contributed by atoms with E-state index >= 15 is 0 Å². The molecule has 2 aromatic heterocycles. The number of hydrogen-bond acceptors (Lipinski definition) is 5. The molecule has 1 N–H and O–H groups in total. The van der Waals surface area contributed by atoms with Crippen LogP contribution in [-0.2, 0) is 17.6 Å². The van der Waals surface area contributed by atoms with Crippen molar-refractivity contribution in [2.24, 2.45) is 11.8 Å². The molecule has 1 fully saturated rings. The van der Waals surface area contributed by atoms with Gasteiger partial charge in [-0.25, -0.2) is 0 Å². The minimum absolute atomic E-state index is 0.251. The molecule has 1 aliphatic heterocycles. The van der Waals surface area contributed by atoms with E-state index in [9.17, 15) is 9.90 Å². The van der Waals surface area contributed by atoms with Crippen molar-refractivity contribution in [2.45, 2.75) is 45.4 Å². The number of methoxy groups -OCH3 is 1. The number of aryl methyl sites for hydroxylation is 3. The number of fused-ring (bicyclic) bond motifs is 1. The average molecular weight is 467 g/mol. The summed E-state index contributed by atoms with van der Waals surface area (Å²) in [6, 6.07) is 12.5. The highest BCUT2D eigenvalue weighted by Gasteiger charge is 2.33. The van der Waals surface area contributed by atoms with Gasteiger partial charge in [0.1, 0.15) is 5.75 Å². The van der Waals surface area contributed by atoms with Gasteiger partial charge in [0.15, 0.2) is 0 Å². The van der Waals surface area contributed by atoms with Gasteiger partial charge in [0.25, 0.3) is 0 Å². The van der Waals surface area contributed by atoms with Crippen LogP contribution in [0.4, 0.5) is 0 Å². The fraction of sp³-hybridized carbons (Fsp3) is 0.481. The number of likely N-dealkylation sites (tertiary alicyclic amines) is 1. The van der Waals surface area contributed by atoms with Crippen LogP contribution in [0.2, 0.25) is 0 Å². The molecule has 6 heteroatoms. The number of thiophene rings is 1. The molecule has 1 aromatic carbocycles. The summed E-state index contributed by atoms with van der Waals surface area (Å²) in [4.78, 5) is 21.7. The summed E-state index contributed by atoms with van der Waals surface area (Å²) >= 11 is 1.87. The Labute approximate surface area is 200 Å². The molecule has 2 atom stereocenters. The fourth-order valence-electron chi connectivity index (χ4n) is 5.07. The maximum atomic E-state index is 12.0. The molecule has 0 amide bonds. The lowest BCUT2D eigenvalue weighted by atomic mass is 9.81. The summed E-state index contributed by atoms with van der Waals surface area (Å²) in [7, 11) is 1.68. The first-order valence-corrected chi connectivity index (χ1v) is 12.8. The molecule has 0 aliphatic carbocycles. The van der Waals surface area contributed by atoms with Gasteiger partial charge in [0.2, 0.25) is 0 Å². The number of hydrogen-bond donors (Lipinski definition) is 1. The lowest BCUT2D eigenvalue weighted by Gasteiger charge is -2.36. The number of piperidine rings is 1. The molecular formula is C27H34N2O3S. The van der Waals surface area contributed by atoms with Crippen LogP contribution in [0.5, 0.6) is 5.75 Å². The van der Waals surface area contributed by atoms with Crippen molar-refractivity contribution < 1.29 is 14.6 Å². The molecule has 0 spiro atoms. The van der Waals surface area contributed by atoms with Crippen LogP contribution >= 0.6 is 11.3 Å². The first-order valence-electron chi connectivity index (χ1n) is 12.0. The van der Waals surface area contributed by atoms with E-state index in [2.05, 4.69) is 35.0 Å². The average Bonchev–Trinajstić information content (AvgIpc) is 3.24. The molecule has 0 saturated carbocycles. The number of aromatic nitrogens is 1. The van der Waals surface area contributed by atoms with E-state index in [0.29, 0.717) is 6.54 Å². The third-order valence-corrected chi connectivity index (χ3v) is 7.97. The molecule has 1 aliphatic rings. The van der Waals surface area contributed by atoms with Crippen molar-refractivity contribution in [3.63, 3.8) is 0 Å². The number of nitrogens with zero attached hydrogens (tertiary/aromatic N) is 2. The first-order chi connectivity index (χ1) is 16.0. The number of carboxylic acids is 1. The van der Waals surface area contributed by atoms with E-state index in [1.807, 2.05) is 35.7 Å². The van der Waals surface area contributed by atoms with Crippen LogP contribution in [0, 0.1) is 18.8 Å². The molecule has 4 rings (SSSR count). The van der Waals surface area contributed by atoms with Gasteiger partial charge in [-0.05, 0) is 106 Å². The quantitative estimate of drug-likeness (QED) is 0.422. The van der Waals surface area contributed by atoms with Crippen LogP contribution in [0.25, 0.3) is 10.9 Å². The number of benzene rings is 1. The zero-order valence-electron chi connectivity index (χ0n) is 19.6. The van der Waals surface area contributed by atoms with Crippen molar-refractivity contribution >= 4 is 28.2 Å². The maximum absolute atomic E-state index is 12.0. The third kappa shape index (κ3) is 6.12. The van der Waals surface area contributed by atoms with Crippen molar-refractivity contribution in [3.05, 3.63) is 57.9 Å². The van der Waals surface area contributed by atoms with Crippen LogP contribution < -0.4 is 4.74 Å². The smallest absolute Gasteiger partial charge is 0.308 e. The van der Waals surface area contributed by atoms with Gasteiger partial charge in [0.05, 0.1) is 18.5 Å². The summed E-state index contributed by atoms with van der Waals surface area (Å²) in [5.41, 5.74) is 2.23. The first kappa shape index (κ1) is 23.7. The van der Waals surface area contributed by atoms with Crippen molar-refractivity contribution in [1.82, 2.24) is 9.88 Å². The Kier molecular flexibility index (Phi) is 7.99. The Morgan fingerprint density at radius 1 is 1.21 bits per heavy atom.